The zero-order chi connectivity index (χ0) is 15.5. The molecule has 0 aromatic rings. The summed E-state index contributed by atoms with van der Waals surface area (Å²) < 4.78 is 5.42. The smallest absolute Gasteiger partial charge is 0.237 e. The quantitative estimate of drug-likeness (QED) is 0.596. The van der Waals surface area contributed by atoms with Gasteiger partial charge in [0.2, 0.25) is 5.91 Å². The van der Waals surface area contributed by atoms with Gasteiger partial charge in [0.1, 0.15) is 0 Å². The first-order chi connectivity index (χ1) is 10.2. The molecule has 2 N–H and O–H groups in total. The average molecular weight is 299 g/mol. The van der Waals surface area contributed by atoms with Crippen molar-refractivity contribution in [3.63, 3.8) is 0 Å². The van der Waals surface area contributed by atoms with E-state index in [1.54, 1.807) is 0 Å². The number of carbonyl (C=O) groups is 1. The molecule has 0 saturated carbocycles. The largest absolute Gasteiger partial charge is 0.379 e. The highest BCUT2D eigenvalue weighted by molar-refractivity contribution is 5.82. The van der Waals surface area contributed by atoms with E-state index in [1.807, 2.05) is 0 Å². The van der Waals surface area contributed by atoms with Crippen molar-refractivity contribution in [3.8, 4) is 0 Å². The van der Waals surface area contributed by atoms with E-state index in [0.29, 0.717) is 12.5 Å². The average Bonchev–Trinajstić information content (AvgIpc) is 2.52. The maximum absolute atomic E-state index is 12.6. The molecular weight excluding hydrogens is 266 g/mol. The SMILES string of the molecule is CCCNCCNC(=O)C(C(CC)CC)N1CCOCC1. The second-order valence-electron chi connectivity index (χ2n) is 5.71. The Balaban J connectivity index is 2.51. The Bertz CT molecular complexity index is 277. The highest BCUT2D eigenvalue weighted by Gasteiger charge is 2.32. The molecular formula is C16H33N3O2. The predicted octanol–water partition coefficient (Wildman–Crippen LogP) is 1.24. The van der Waals surface area contributed by atoms with Crippen molar-refractivity contribution in [2.45, 2.75) is 46.1 Å². The minimum absolute atomic E-state index is 0.00456. The number of rotatable bonds is 10. The van der Waals surface area contributed by atoms with Gasteiger partial charge in [-0.25, -0.2) is 0 Å². The molecule has 1 amide bonds. The number of morpholine rings is 1. The molecule has 0 radical (unpaired) electrons. The Hall–Kier alpha value is -0.650. The normalized spacial score (nSPS) is 17.9. The lowest BCUT2D eigenvalue weighted by Gasteiger charge is -2.37. The molecule has 5 nitrogen and oxygen atoms in total. The number of ether oxygens (including phenoxy) is 1. The molecule has 5 heteroatoms. The van der Waals surface area contributed by atoms with Crippen molar-refractivity contribution in [1.82, 2.24) is 15.5 Å². The Morgan fingerprint density at radius 1 is 1.10 bits per heavy atom. The molecule has 0 aliphatic carbocycles. The second kappa shape index (κ2) is 11.0. The Labute approximate surface area is 129 Å². The lowest BCUT2D eigenvalue weighted by atomic mass is 9.91. The summed E-state index contributed by atoms with van der Waals surface area (Å²) in [5.74, 6) is 0.607. The van der Waals surface area contributed by atoms with Crippen molar-refractivity contribution in [2.75, 3.05) is 45.9 Å². The molecule has 1 rings (SSSR count). The maximum Gasteiger partial charge on any atom is 0.237 e. The van der Waals surface area contributed by atoms with Crippen LogP contribution in [0.5, 0.6) is 0 Å². The van der Waals surface area contributed by atoms with Crippen LogP contribution in [0.25, 0.3) is 0 Å². The van der Waals surface area contributed by atoms with E-state index in [2.05, 4.69) is 36.3 Å². The van der Waals surface area contributed by atoms with Gasteiger partial charge in [-0.1, -0.05) is 33.6 Å². The van der Waals surface area contributed by atoms with Gasteiger partial charge < -0.3 is 15.4 Å². The first-order valence-corrected chi connectivity index (χ1v) is 8.54. The van der Waals surface area contributed by atoms with Gasteiger partial charge in [0.15, 0.2) is 0 Å². The summed E-state index contributed by atoms with van der Waals surface area (Å²) in [5, 5.41) is 6.42. The third-order valence-electron chi connectivity index (χ3n) is 4.23. The summed E-state index contributed by atoms with van der Waals surface area (Å²) in [5.41, 5.74) is 0. The van der Waals surface area contributed by atoms with E-state index in [1.165, 1.54) is 0 Å². The standard InChI is InChI=1S/C16H33N3O2/c1-4-7-17-8-9-18-16(20)15(14(5-2)6-3)19-10-12-21-13-11-19/h14-15,17H,4-13H2,1-3H3,(H,18,20). The van der Waals surface area contributed by atoms with Crippen molar-refractivity contribution in [2.24, 2.45) is 5.92 Å². The van der Waals surface area contributed by atoms with Gasteiger partial charge in [0.05, 0.1) is 19.3 Å². The van der Waals surface area contributed by atoms with Gasteiger partial charge in [-0.3, -0.25) is 9.69 Å². The molecule has 0 aromatic carbocycles. The van der Waals surface area contributed by atoms with Crippen LogP contribution in [0.1, 0.15) is 40.0 Å². The van der Waals surface area contributed by atoms with Crippen LogP contribution in [0.15, 0.2) is 0 Å². The third kappa shape index (κ3) is 6.32. The summed E-state index contributed by atoms with van der Waals surface area (Å²) >= 11 is 0. The van der Waals surface area contributed by atoms with E-state index in [-0.39, 0.29) is 11.9 Å². The highest BCUT2D eigenvalue weighted by atomic mass is 16.5. The first kappa shape index (κ1) is 18.4. The topological polar surface area (TPSA) is 53.6 Å². The van der Waals surface area contributed by atoms with E-state index in [9.17, 15) is 4.79 Å². The fraction of sp³-hybridized carbons (Fsp3) is 0.938. The van der Waals surface area contributed by atoms with Gasteiger partial charge >= 0.3 is 0 Å². The molecule has 1 fully saturated rings. The van der Waals surface area contributed by atoms with Gasteiger partial charge in [-0.2, -0.15) is 0 Å². The molecule has 124 valence electrons. The zero-order valence-electron chi connectivity index (χ0n) is 14.0. The fourth-order valence-corrected chi connectivity index (χ4v) is 2.95. The van der Waals surface area contributed by atoms with E-state index >= 15 is 0 Å². The Morgan fingerprint density at radius 3 is 2.33 bits per heavy atom. The molecule has 1 aliphatic rings. The molecule has 0 aromatic heterocycles. The first-order valence-electron chi connectivity index (χ1n) is 8.54. The summed E-state index contributed by atoms with van der Waals surface area (Å²) in [6, 6.07) is -0.00456. The van der Waals surface area contributed by atoms with Crippen LogP contribution in [-0.4, -0.2) is 62.8 Å². The molecule has 1 aliphatic heterocycles. The van der Waals surface area contributed by atoms with Gasteiger partial charge in [-0.05, 0) is 18.9 Å². The Morgan fingerprint density at radius 2 is 1.76 bits per heavy atom. The second-order valence-corrected chi connectivity index (χ2v) is 5.71. The van der Waals surface area contributed by atoms with Crippen LogP contribution in [0.4, 0.5) is 0 Å². The van der Waals surface area contributed by atoms with Crippen LogP contribution < -0.4 is 10.6 Å². The van der Waals surface area contributed by atoms with Crippen LogP contribution >= 0.6 is 0 Å². The monoisotopic (exact) mass is 299 g/mol. The van der Waals surface area contributed by atoms with Gasteiger partial charge in [-0.15, -0.1) is 0 Å². The van der Waals surface area contributed by atoms with Crippen molar-refractivity contribution >= 4 is 5.91 Å². The van der Waals surface area contributed by atoms with Crippen LogP contribution in [-0.2, 0) is 9.53 Å². The van der Waals surface area contributed by atoms with Crippen LogP contribution in [0, 0.1) is 5.92 Å². The zero-order valence-corrected chi connectivity index (χ0v) is 14.0. The summed E-state index contributed by atoms with van der Waals surface area (Å²) in [7, 11) is 0. The number of nitrogens with one attached hydrogen (secondary N) is 2. The van der Waals surface area contributed by atoms with Crippen molar-refractivity contribution in [1.29, 1.82) is 0 Å². The fourth-order valence-electron chi connectivity index (χ4n) is 2.95. The number of amides is 1. The van der Waals surface area contributed by atoms with Crippen molar-refractivity contribution < 1.29 is 9.53 Å². The third-order valence-corrected chi connectivity index (χ3v) is 4.23. The maximum atomic E-state index is 12.6. The number of hydrogen-bond acceptors (Lipinski definition) is 4. The minimum Gasteiger partial charge on any atom is -0.379 e. The predicted molar refractivity (Wildman–Crippen MR) is 86.4 cm³/mol. The highest BCUT2D eigenvalue weighted by Crippen LogP contribution is 2.20. The number of nitrogens with zero attached hydrogens (tertiary/aromatic N) is 1. The summed E-state index contributed by atoms with van der Waals surface area (Å²) in [6.45, 7) is 12.3. The molecule has 1 atom stereocenters. The summed E-state index contributed by atoms with van der Waals surface area (Å²) in [6.07, 6.45) is 3.21. The lowest BCUT2D eigenvalue weighted by Crippen LogP contribution is -2.55. The number of carbonyl (C=O) groups excluding carboxylic acids is 1. The van der Waals surface area contributed by atoms with Gasteiger partial charge in [0.25, 0.3) is 0 Å². The van der Waals surface area contributed by atoms with Gasteiger partial charge in [0, 0.05) is 26.2 Å². The van der Waals surface area contributed by atoms with Crippen molar-refractivity contribution in [3.05, 3.63) is 0 Å². The molecule has 0 bridgehead atoms. The molecule has 0 spiro atoms. The molecule has 1 unspecified atom stereocenters. The molecule has 1 heterocycles. The van der Waals surface area contributed by atoms with Crippen LogP contribution in [0.2, 0.25) is 0 Å². The van der Waals surface area contributed by atoms with Crippen LogP contribution in [0.3, 0.4) is 0 Å². The summed E-state index contributed by atoms with van der Waals surface area (Å²) in [4.78, 5) is 14.9. The lowest BCUT2D eigenvalue weighted by molar-refractivity contribution is -0.130. The molecule has 21 heavy (non-hydrogen) atoms. The minimum atomic E-state index is -0.00456. The Kier molecular flexibility index (Phi) is 9.63. The number of hydrogen-bond donors (Lipinski definition) is 2. The molecule has 1 saturated heterocycles. The van der Waals surface area contributed by atoms with E-state index < -0.39 is 0 Å². The van der Waals surface area contributed by atoms with E-state index in [4.69, 9.17) is 4.74 Å². The van der Waals surface area contributed by atoms with E-state index in [0.717, 1.165) is 58.7 Å².